The van der Waals surface area contributed by atoms with E-state index in [1.165, 1.54) is 0 Å². The van der Waals surface area contributed by atoms with Gasteiger partial charge >= 0.3 is 5.97 Å². The lowest BCUT2D eigenvalue weighted by molar-refractivity contribution is -0.145. The van der Waals surface area contributed by atoms with E-state index >= 15 is 0 Å². The zero-order valence-corrected chi connectivity index (χ0v) is 7.17. The quantitative estimate of drug-likeness (QED) is 0.609. The van der Waals surface area contributed by atoms with Crippen LogP contribution < -0.4 is 0 Å². The third-order valence-corrected chi connectivity index (χ3v) is 1.12. The highest BCUT2D eigenvalue weighted by molar-refractivity contribution is 5.69. The average Bonchev–Trinajstić information content (AvgIpc) is 1.97. The zero-order chi connectivity index (χ0) is 8.69. The number of ether oxygens (including phenoxy) is 1. The summed E-state index contributed by atoms with van der Waals surface area (Å²) in [6.45, 7) is 4.50. The van der Waals surface area contributed by atoms with Gasteiger partial charge in [-0.1, -0.05) is 13.8 Å². The van der Waals surface area contributed by atoms with E-state index in [0.717, 1.165) is 0 Å². The summed E-state index contributed by atoms with van der Waals surface area (Å²) in [5.41, 5.74) is 0. The summed E-state index contributed by atoms with van der Waals surface area (Å²) in [4.78, 5) is 10.8. The molecular formula is C8H16O3. The largest absolute Gasteiger partial charge is 0.465 e. The van der Waals surface area contributed by atoms with E-state index in [1.54, 1.807) is 0 Å². The van der Waals surface area contributed by atoms with Crippen LogP contribution in [-0.4, -0.2) is 24.3 Å². The molecular weight excluding hydrogens is 144 g/mol. The second-order valence-corrected chi connectivity index (χ2v) is 2.90. The summed E-state index contributed by atoms with van der Waals surface area (Å²) in [6, 6.07) is 0. The van der Waals surface area contributed by atoms with Gasteiger partial charge < -0.3 is 9.84 Å². The molecule has 0 aliphatic rings. The molecule has 0 aromatic carbocycles. The number of hydrogen-bond acceptors (Lipinski definition) is 3. The van der Waals surface area contributed by atoms with Crippen molar-refractivity contribution in [1.82, 2.24) is 0 Å². The van der Waals surface area contributed by atoms with Crippen molar-refractivity contribution in [2.24, 2.45) is 5.92 Å². The van der Waals surface area contributed by atoms with Crippen molar-refractivity contribution in [3.8, 4) is 0 Å². The SMILES string of the molecule is CC(C)COC(=O)CCCO. The van der Waals surface area contributed by atoms with Crippen molar-refractivity contribution in [2.45, 2.75) is 26.7 Å². The van der Waals surface area contributed by atoms with Crippen molar-refractivity contribution >= 4 is 5.97 Å². The Morgan fingerprint density at radius 1 is 1.55 bits per heavy atom. The van der Waals surface area contributed by atoms with Crippen LogP contribution >= 0.6 is 0 Å². The number of hydrogen-bond donors (Lipinski definition) is 1. The Balaban J connectivity index is 3.23. The molecule has 11 heavy (non-hydrogen) atoms. The van der Waals surface area contributed by atoms with Gasteiger partial charge in [-0.3, -0.25) is 4.79 Å². The van der Waals surface area contributed by atoms with Gasteiger partial charge in [-0.05, 0) is 12.3 Å². The van der Waals surface area contributed by atoms with Crippen LogP contribution in [0.2, 0.25) is 0 Å². The number of aliphatic hydroxyl groups excluding tert-OH is 1. The first-order valence-electron chi connectivity index (χ1n) is 3.93. The highest BCUT2D eigenvalue weighted by atomic mass is 16.5. The fourth-order valence-corrected chi connectivity index (χ4v) is 0.555. The Morgan fingerprint density at radius 2 is 2.18 bits per heavy atom. The van der Waals surface area contributed by atoms with Crippen molar-refractivity contribution in [2.75, 3.05) is 13.2 Å². The molecule has 1 N–H and O–H groups in total. The molecule has 3 nitrogen and oxygen atoms in total. The van der Waals surface area contributed by atoms with Crippen molar-refractivity contribution in [3.05, 3.63) is 0 Å². The van der Waals surface area contributed by atoms with E-state index in [4.69, 9.17) is 9.84 Å². The molecule has 0 fully saturated rings. The molecule has 0 saturated carbocycles. The van der Waals surface area contributed by atoms with Gasteiger partial charge in [0.15, 0.2) is 0 Å². The lowest BCUT2D eigenvalue weighted by Crippen LogP contribution is -2.09. The number of carbonyl (C=O) groups is 1. The second kappa shape index (κ2) is 6.16. The normalized spacial score (nSPS) is 10.2. The van der Waals surface area contributed by atoms with Crippen LogP contribution in [0.25, 0.3) is 0 Å². The molecule has 0 radical (unpaired) electrons. The molecule has 0 aliphatic carbocycles. The smallest absolute Gasteiger partial charge is 0.305 e. The standard InChI is InChI=1S/C8H16O3/c1-7(2)6-11-8(10)4-3-5-9/h7,9H,3-6H2,1-2H3. The Hall–Kier alpha value is -0.570. The van der Waals surface area contributed by atoms with Gasteiger partial charge in [-0.15, -0.1) is 0 Å². The van der Waals surface area contributed by atoms with Crippen LogP contribution in [0.15, 0.2) is 0 Å². The van der Waals surface area contributed by atoms with E-state index in [-0.39, 0.29) is 12.6 Å². The Morgan fingerprint density at radius 3 is 2.64 bits per heavy atom. The van der Waals surface area contributed by atoms with Crippen LogP contribution in [0.5, 0.6) is 0 Å². The summed E-state index contributed by atoms with van der Waals surface area (Å²) in [7, 11) is 0. The topological polar surface area (TPSA) is 46.5 Å². The summed E-state index contributed by atoms with van der Waals surface area (Å²) in [5, 5.41) is 8.38. The molecule has 0 heterocycles. The van der Waals surface area contributed by atoms with E-state index in [9.17, 15) is 4.79 Å². The van der Waals surface area contributed by atoms with Crippen molar-refractivity contribution < 1.29 is 14.6 Å². The Bertz CT molecular complexity index is 110. The fraction of sp³-hybridized carbons (Fsp3) is 0.875. The molecule has 3 heteroatoms. The van der Waals surface area contributed by atoms with Crippen LogP contribution in [0, 0.1) is 5.92 Å². The van der Waals surface area contributed by atoms with Crippen LogP contribution in [-0.2, 0) is 9.53 Å². The minimum Gasteiger partial charge on any atom is -0.465 e. The highest BCUT2D eigenvalue weighted by Crippen LogP contribution is 1.96. The molecule has 0 aromatic rings. The molecule has 0 aromatic heterocycles. The van der Waals surface area contributed by atoms with Gasteiger partial charge in [-0.2, -0.15) is 0 Å². The molecule has 0 atom stereocenters. The van der Waals surface area contributed by atoms with Crippen molar-refractivity contribution in [3.63, 3.8) is 0 Å². The molecule has 0 bridgehead atoms. The molecule has 66 valence electrons. The maximum atomic E-state index is 10.8. The highest BCUT2D eigenvalue weighted by Gasteiger charge is 2.02. The predicted molar refractivity (Wildman–Crippen MR) is 42.1 cm³/mol. The Labute approximate surface area is 67.4 Å². The number of rotatable bonds is 5. The lowest BCUT2D eigenvalue weighted by Gasteiger charge is -2.05. The monoisotopic (exact) mass is 160 g/mol. The lowest BCUT2D eigenvalue weighted by atomic mass is 10.2. The third kappa shape index (κ3) is 7.33. The maximum absolute atomic E-state index is 10.8. The average molecular weight is 160 g/mol. The van der Waals surface area contributed by atoms with E-state index < -0.39 is 0 Å². The molecule has 0 amide bonds. The minimum atomic E-state index is -0.215. The van der Waals surface area contributed by atoms with E-state index in [0.29, 0.717) is 25.4 Å². The molecule has 0 unspecified atom stereocenters. The second-order valence-electron chi connectivity index (χ2n) is 2.90. The molecule has 0 spiro atoms. The number of esters is 1. The fourth-order valence-electron chi connectivity index (χ4n) is 0.555. The van der Waals surface area contributed by atoms with Crippen LogP contribution in [0.3, 0.4) is 0 Å². The van der Waals surface area contributed by atoms with Gasteiger partial charge in [0.25, 0.3) is 0 Å². The van der Waals surface area contributed by atoms with Crippen LogP contribution in [0.1, 0.15) is 26.7 Å². The third-order valence-electron chi connectivity index (χ3n) is 1.12. The zero-order valence-electron chi connectivity index (χ0n) is 7.17. The Kier molecular flexibility index (Phi) is 5.84. The summed E-state index contributed by atoms with van der Waals surface area (Å²) >= 11 is 0. The predicted octanol–water partition coefficient (Wildman–Crippen LogP) is 0.958. The van der Waals surface area contributed by atoms with Gasteiger partial charge in [0.2, 0.25) is 0 Å². The van der Waals surface area contributed by atoms with Crippen molar-refractivity contribution in [1.29, 1.82) is 0 Å². The van der Waals surface area contributed by atoms with Gasteiger partial charge in [0.1, 0.15) is 0 Å². The van der Waals surface area contributed by atoms with E-state index in [1.807, 2.05) is 13.8 Å². The number of aliphatic hydroxyl groups is 1. The summed E-state index contributed by atoms with van der Waals surface area (Å²) in [5.74, 6) is 0.167. The van der Waals surface area contributed by atoms with E-state index in [2.05, 4.69) is 0 Å². The van der Waals surface area contributed by atoms with Crippen LogP contribution in [0.4, 0.5) is 0 Å². The van der Waals surface area contributed by atoms with Gasteiger partial charge in [0.05, 0.1) is 6.61 Å². The first-order chi connectivity index (χ1) is 5.16. The molecule has 0 aliphatic heterocycles. The number of carbonyl (C=O) groups excluding carboxylic acids is 1. The molecule has 0 rings (SSSR count). The van der Waals surface area contributed by atoms with Gasteiger partial charge in [-0.25, -0.2) is 0 Å². The summed E-state index contributed by atoms with van der Waals surface area (Å²) < 4.78 is 4.86. The van der Waals surface area contributed by atoms with Gasteiger partial charge in [0, 0.05) is 13.0 Å². The summed E-state index contributed by atoms with van der Waals surface area (Å²) in [6.07, 6.45) is 0.820. The first-order valence-corrected chi connectivity index (χ1v) is 3.93. The minimum absolute atomic E-state index is 0.0524. The maximum Gasteiger partial charge on any atom is 0.305 e. The first kappa shape index (κ1) is 10.4. The molecule has 0 saturated heterocycles.